The highest BCUT2D eigenvalue weighted by molar-refractivity contribution is 5.66. The molecule has 0 saturated carbocycles. The Hall–Kier alpha value is -2.85. The van der Waals surface area contributed by atoms with Crippen LogP contribution in [0.5, 0.6) is 11.5 Å². The van der Waals surface area contributed by atoms with Crippen LogP contribution < -0.4 is 10.2 Å². The lowest BCUT2D eigenvalue weighted by molar-refractivity contribution is 0.277. The molecule has 23 heavy (non-hydrogen) atoms. The zero-order valence-electron chi connectivity index (χ0n) is 12.7. The third-order valence-electron chi connectivity index (χ3n) is 3.52. The van der Waals surface area contributed by atoms with Gasteiger partial charge in [-0.05, 0) is 36.8 Å². The summed E-state index contributed by atoms with van der Waals surface area (Å²) >= 11 is 0. The van der Waals surface area contributed by atoms with E-state index >= 15 is 0 Å². The lowest BCUT2D eigenvalue weighted by Crippen LogP contribution is -2.11. The molecule has 4 nitrogen and oxygen atoms in total. The van der Waals surface area contributed by atoms with Crippen LogP contribution in [0.2, 0.25) is 0 Å². The Kier molecular flexibility index (Phi) is 4.26. The number of pyridine rings is 1. The Balaban J connectivity index is 1.93. The molecule has 1 heterocycles. The molecule has 0 aliphatic rings. The SMILES string of the molecule is Cc1cc(=O)c(-c2ccc(Oc3ccccc3)cc2)c(CO)[nH]1. The minimum atomic E-state index is -0.214. The van der Waals surface area contributed by atoms with Crippen molar-refractivity contribution in [3.63, 3.8) is 0 Å². The number of benzene rings is 2. The minimum absolute atomic E-state index is 0.109. The average molecular weight is 307 g/mol. The second-order valence-corrected chi connectivity index (χ2v) is 5.27. The standard InChI is InChI=1S/C19H17NO3/c1-13-11-18(22)19(17(12-21)20-13)14-7-9-16(10-8-14)23-15-5-3-2-4-6-15/h2-11,21H,12H2,1H3,(H,20,22). The van der Waals surface area contributed by atoms with Gasteiger partial charge in [0.05, 0.1) is 17.9 Å². The molecule has 2 aromatic carbocycles. The Bertz CT molecular complexity index is 852. The van der Waals surface area contributed by atoms with Gasteiger partial charge in [-0.1, -0.05) is 30.3 Å². The van der Waals surface area contributed by atoms with Crippen molar-refractivity contribution in [3.05, 3.63) is 82.3 Å². The third-order valence-corrected chi connectivity index (χ3v) is 3.52. The zero-order valence-corrected chi connectivity index (χ0v) is 12.7. The summed E-state index contributed by atoms with van der Waals surface area (Å²) < 4.78 is 5.74. The third kappa shape index (κ3) is 3.33. The first kappa shape index (κ1) is 15.1. The molecule has 3 aromatic rings. The minimum Gasteiger partial charge on any atom is -0.457 e. The summed E-state index contributed by atoms with van der Waals surface area (Å²) in [7, 11) is 0. The predicted octanol–water partition coefficient (Wildman–Crippen LogP) is 3.63. The molecule has 1 aromatic heterocycles. The van der Waals surface area contributed by atoms with Gasteiger partial charge < -0.3 is 14.8 Å². The molecule has 0 fully saturated rings. The second-order valence-electron chi connectivity index (χ2n) is 5.27. The van der Waals surface area contributed by atoms with Crippen LogP contribution in [-0.4, -0.2) is 10.1 Å². The molecule has 3 rings (SSSR count). The number of aliphatic hydroxyl groups is 1. The smallest absolute Gasteiger partial charge is 0.189 e. The van der Waals surface area contributed by atoms with Gasteiger partial charge in [0, 0.05) is 11.8 Å². The number of para-hydroxylation sites is 1. The lowest BCUT2D eigenvalue weighted by Gasteiger charge is -2.10. The van der Waals surface area contributed by atoms with E-state index in [-0.39, 0.29) is 12.0 Å². The first-order chi connectivity index (χ1) is 11.2. The molecule has 2 N–H and O–H groups in total. The highest BCUT2D eigenvalue weighted by Gasteiger charge is 2.10. The van der Waals surface area contributed by atoms with Crippen molar-refractivity contribution in [2.24, 2.45) is 0 Å². The van der Waals surface area contributed by atoms with E-state index in [2.05, 4.69) is 4.98 Å². The van der Waals surface area contributed by atoms with Crippen LogP contribution in [0.4, 0.5) is 0 Å². The number of hydrogen-bond donors (Lipinski definition) is 2. The van der Waals surface area contributed by atoms with Crippen LogP contribution in [0.15, 0.2) is 65.5 Å². The molecular weight excluding hydrogens is 290 g/mol. The molecule has 0 amide bonds. The van der Waals surface area contributed by atoms with Gasteiger partial charge in [-0.3, -0.25) is 4.79 Å². The Morgan fingerprint density at radius 3 is 2.30 bits per heavy atom. The molecule has 0 radical (unpaired) electrons. The summed E-state index contributed by atoms with van der Waals surface area (Å²) in [6.45, 7) is 1.58. The average Bonchev–Trinajstić information content (AvgIpc) is 2.56. The van der Waals surface area contributed by atoms with Crippen LogP contribution >= 0.6 is 0 Å². The summed E-state index contributed by atoms with van der Waals surface area (Å²) in [6.07, 6.45) is 0. The van der Waals surface area contributed by atoms with E-state index in [1.807, 2.05) is 54.6 Å². The number of rotatable bonds is 4. The fraction of sp³-hybridized carbons (Fsp3) is 0.105. The topological polar surface area (TPSA) is 62.3 Å². The molecule has 0 aliphatic carbocycles. The van der Waals surface area contributed by atoms with E-state index in [0.29, 0.717) is 17.0 Å². The van der Waals surface area contributed by atoms with Gasteiger partial charge in [0.2, 0.25) is 0 Å². The fourth-order valence-electron chi connectivity index (χ4n) is 2.50. The molecule has 0 bridgehead atoms. The molecule has 0 spiro atoms. The van der Waals surface area contributed by atoms with Crippen LogP contribution in [0.3, 0.4) is 0 Å². The summed E-state index contributed by atoms with van der Waals surface area (Å²) in [5.74, 6) is 1.44. The van der Waals surface area contributed by atoms with Crippen LogP contribution in [0.1, 0.15) is 11.4 Å². The van der Waals surface area contributed by atoms with E-state index < -0.39 is 0 Å². The van der Waals surface area contributed by atoms with Gasteiger partial charge in [-0.15, -0.1) is 0 Å². The molecule has 116 valence electrons. The van der Waals surface area contributed by atoms with Crippen molar-refractivity contribution in [1.29, 1.82) is 0 Å². The van der Waals surface area contributed by atoms with Crippen molar-refractivity contribution >= 4 is 0 Å². The number of H-pyrrole nitrogens is 1. The first-order valence-electron chi connectivity index (χ1n) is 7.34. The number of nitrogens with one attached hydrogen (secondary N) is 1. The summed E-state index contributed by atoms with van der Waals surface area (Å²) in [4.78, 5) is 15.3. The monoisotopic (exact) mass is 307 g/mol. The molecular formula is C19H17NO3. The Morgan fingerprint density at radius 2 is 1.65 bits per heavy atom. The van der Waals surface area contributed by atoms with Gasteiger partial charge in [0.1, 0.15) is 11.5 Å². The highest BCUT2D eigenvalue weighted by atomic mass is 16.5. The van der Waals surface area contributed by atoms with E-state index in [4.69, 9.17) is 4.74 Å². The van der Waals surface area contributed by atoms with Gasteiger partial charge >= 0.3 is 0 Å². The maximum Gasteiger partial charge on any atom is 0.189 e. The number of ether oxygens (including phenoxy) is 1. The van der Waals surface area contributed by atoms with Crippen LogP contribution in [0.25, 0.3) is 11.1 Å². The normalized spacial score (nSPS) is 10.5. The predicted molar refractivity (Wildman–Crippen MR) is 89.7 cm³/mol. The Labute approximate surface area is 134 Å². The van der Waals surface area contributed by atoms with Crippen molar-refractivity contribution in [3.8, 4) is 22.6 Å². The Morgan fingerprint density at radius 1 is 1.00 bits per heavy atom. The number of hydrogen-bond acceptors (Lipinski definition) is 3. The molecule has 0 saturated heterocycles. The van der Waals surface area contributed by atoms with Crippen molar-refractivity contribution in [1.82, 2.24) is 4.98 Å². The molecule has 0 aliphatic heterocycles. The number of aliphatic hydroxyl groups excluding tert-OH is 1. The van der Waals surface area contributed by atoms with Crippen molar-refractivity contribution < 1.29 is 9.84 Å². The van der Waals surface area contributed by atoms with Crippen molar-refractivity contribution in [2.75, 3.05) is 0 Å². The van der Waals surface area contributed by atoms with Crippen molar-refractivity contribution in [2.45, 2.75) is 13.5 Å². The maximum atomic E-state index is 12.2. The first-order valence-corrected chi connectivity index (χ1v) is 7.34. The lowest BCUT2D eigenvalue weighted by atomic mass is 10.0. The number of aryl methyl sites for hydroxylation is 1. The van der Waals surface area contributed by atoms with E-state index in [1.165, 1.54) is 6.07 Å². The van der Waals surface area contributed by atoms with Crippen LogP contribution in [0, 0.1) is 6.92 Å². The van der Waals surface area contributed by atoms with E-state index in [9.17, 15) is 9.90 Å². The largest absolute Gasteiger partial charge is 0.457 e. The fourth-order valence-corrected chi connectivity index (χ4v) is 2.50. The van der Waals surface area contributed by atoms with E-state index in [1.54, 1.807) is 6.92 Å². The maximum absolute atomic E-state index is 12.2. The van der Waals surface area contributed by atoms with Gasteiger partial charge in [-0.25, -0.2) is 0 Å². The molecule has 0 atom stereocenters. The number of aromatic nitrogens is 1. The van der Waals surface area contributed by atoms with Gasteiger partial charge in [0.15, 0.2) is 5.43 Å². The van der Waals surface area contributed by atoms with E-state index in [0.717, 1.165) is 17.0 Å². The van der Waals surface area contributed by atoms with Gasteiger partial charge in [0.25, 0.3) is 0 Å². The summed E-state index contributed by atoms with van der Waals surface area (Å²) in [6, 6.07) is 18.3. The quantitative estimate of drug-likeness (QED) is 0.773. The van der Waals surface area contributed by atoms with Gasteiger partial charge in [-0.2, -0.15) is 0 Å². The highest BCUT2D eigenvalue weighted by Crippen LogP contribution is 2.25. The molecule has 0 unspecified atom stereocenters. The second kappa shape index (κ2) is 6.50. The summed E-state index contributed by atoms with van der Waals surface area (Å²) in [5.41, 5.74) is 2.38. The zero-order chi connectivity index (χ0) is 16.2. The van der Waals surface area contributed by atoms with Crippen LogP contribution in [-0.2, 0) is 6.61 Å². The summed E-state index contributed by atoms with van der Waals surface area (Å²) in [5, 5.41) is 9.48. The molecule has 4 heteroatoms. The number of aromatic amines is 1.